The molecule has 0 bridgehead atoms. The van der Waals surface area contributed by atoms with Crippen LogP contribution < -0.4 is 5.32 Å². The van der Waals surface area contributed by atoms with E-state index < -0.39 is 49.5 Å². The van der Waals surface area contributed by atoms with Gasteiger partial charge in [-0.2, -0.15) is 0 Å². The Labute approximate surface area is 458 Å². The Kier molecular flexibility index (Phi) is 52.5. The summed E-state index contributed by atoms with van der Waals surface area (Å²) in [6.07, 6.45) is 64.6. The van der Waals surface area contributed by atoms with E-state index in [1.54, 1.807) is 6.08 Å². The summed E-state index contributed by atoms with van der Waals surface area (Å²) in [6, 6.07) is -0.800. The molecule has 7 atom stereocenters. The van der Waals surface area contributed by atoms with Crippen molar-refractivity contribution in [1.82, 2.24) is 5.32 Å². The third-order valence-corrected chi connectivity index (χ3v) is 15.8. The highest BCUT2D eigenvalue weighted by Gasteiger charge is 2.44. The van der Waals surface area contributed by atoms with Crippen LogP contribution in [0.3, 0.4) is 0 Å². The van der Waals surface area contributed by atoms with Gasteiger partial charge in [0.1, 0.15) is 24.4 Å². The molecule has 1 saturated heterocycles. The second-order valence-electron chi connectivity index (χ2n) is 22.9. The van der Waals surface area contributed by atoms with Gasteiger partial charge in [-0.25, -0.2) is 0 Å². The first-order chi connectivity index (χ1) is 36.3. The van der Waals surface area contributed by atoms with Crippen molar-refractivity contribution in [2.24, 2.45) is 0 Å². The van der Waals surface area contributed by atoms with Crippen molar-refractivity contribution in [2.45, 2.75) is 371 Å². The van der Waals surface area contributed by atoms with Crippen molar-refractivity contribution in [1.29, 1.82) is 0 Å². The van der Waals surface area contributed by atoms with Gasteiger partial charge in [0.15, 0.2) is 6.29 Å². The van der Waals surface area contributed by atoms with Crippen molar-refractivity contribution in [3.63, 3.8) is 0 Å². The van der Waals surface area contributed by atoms with E-state index in [-0.39, 0.29) is 12.5 Å². The molecular weight excluding hydrogens is 923 g/mol. The number of unbranched alkanes of at least 4 members (excludes halogenated alkanes) is 45. The average Bonchev–Trinajstić information content (AvgIpc) is 3.40. The summed E-state index contributed by atoms with van der Waals surface area (Å²) in [4.78, 5) is 13.0. The minimum absolute atomic E-state index is 0.172. The van der Waals surface area contributed by atoms with Crippen LogP contribution in [0.4, 0.5) is 0 Å². The molecule has 1 heterocycles. The highest BCUT2D eigenvalue weighted by atomic mass is 16.7. The number of ether oxygens (including phenoxy) is 2. The first-order valence-corrected chi connectivity index (χ1v) is 32.6. The maximum absolute atomic E-state index is 13.0. The highest BCUT2D eigenvalue weighted by Crippen LogP contribution is 2.23. The lowest BCUT2D eigenvalue weighted by atomic mass is 9.99. The Bertz CT molecular complexity index is 1210. The van der Waals surface area contributed by atoms with E-state index in [4.69, 9.17) is 9.47 Å². The molecule has 0 radical (unpaired) electrons. The van der Waals surface area contributed by atoms with E-state index in [9.17, 15) is 30.3 Å². The number of aliphatic hydroxyl groups is 5. The highest BCUT2D eigenvalue weighted by molar-refractivity contribution is 5.76. The third kappa shape index (κ3) is 43.6. The molecule has 7 unspecified atom stereocenters. The van der Waals surface area contributed by atoms with E-state index in [2.05, 4.69) is 31.3 Å². The number of rotatable bonds is 57. The van der Waals surface area contributed by atoms with E-state index in [1.807, 2.05) is 6.08 Å². The van der Waals surface area contributed by atoms with Gasteiger partial charge >= 0.3 is 0 Å². The number of hydrogen-bond donors (Lipinski definition) is 6. The van der Waals surface area contributed by atoms with Gasteiger partial charge in [-0.15, -0.1) is 0 Å². The first kappa shape index (κ1) is 70.7. The Morgan fingerprint density at radius 2 is 0.757 bits per heavy atom. The van der Waals surface area contributed by atoms with Crippen LogP contribution >= 0.6 is 0 Å². The van der Waals surface area contributed by atoms with Gasteiger partial charge < -0.3 is 40.3 Å². The summed E-state index contributed by atoms with van der Waals surface area (Å²) in [5.74, 6) is -0.172. The molecule has 1 aliphatic rings. The molecule has 0 saturated carbocycles. The first-order valence-electron chi connectivity index (χ1n) is 32.6. The smallest absolute Gasteiger partial charge is 0.220 e. The third-order valence-electron chi connectivity index (χ3n) is 15.8. The second-order valence-corrected chi connectivity index (χ2v) is 22.9. The summed E-state index contributed by atoms with van der Waals surface area (Å²) in [7, 11) is 0. The zero-order chi connectivity index (χ0) is 53.6. The Morgan fingerprint density at radius 1 is 0.446 bits per heavy atom. The summed E-state index contributed by atoms with van der Waals surface area (Å²) in [5, 5.41) is 54.3. The van der Waals surface area contributed by atoms with Crippen LogP contribution in [0, 0.1) is 0 Å². The summed E-state index contributed by atoms with van der Waals surface area (Å²) in [5.41, 5.74) is 0. The molecule has 9 heteroatoms. The molecule has 0 aromatic carbocycles. The predicted molar refractivity (Wildman–Crippen MR) is 314 cm³/mol. The van der Waals surface area contributed by atoms with Gasteiger partial charge in [-0.3, -0.25) is 4.79 Å². The number of carbonyl (C=O) groups excluding carboxylic acids is 1. The van der Waals surface area contributed by atoms with Crippen LogP contribution in [0.2, 0.25) is 0 Å². The van der Waals surface area contributed by atoms with Crippen LogP contribution in [0.15, 0.2) is 24.3 Å². The van der Waals surface area contributed by atoms with Gasteiger partial charge in [0, 0.05) is 6.42 Å². The quantitative estimate of drug-likeness (QED) is 0.0261. The van der Waals surface area contributed by atoms with Crippen LogP contribution in [-0.4, -0.2) is 87.5 Å². The van der Waals surface area contributed by atoms with E-state index in [0.29, 0.717) is 6.42 Å². The van der Waals surface area contributed by atoms with Crippen LogP contribution in [0.1, 0.15) is 328 Å². The SMILES string of the molecule is CCCCCCCCCC/C=C\CCCCCCCCCCCCCCCCCCCCCCCCCCCCCCCC(=O)NC(COC1OC(CO)C(O)C(O)C1O)C(O)/C=C/CCCCCCCCCC. The summed E-state index contributed by atoms with van der Waals surface area (Å²) in [6.45, 7) is 3.78. The summed E-state index contributed by atoms with van der Waals surface area (Å²) < 4.78 is 11.2. The van der Waals surface area contributed by atoms with Crippen molar-refractivity contribution in [2.75, 3.05) is 13.2 Å². The molecule has 1 rings (SSSR count). The van der Waals surface area contributed by atoms with Gasteiger partial charge in [0.2, 0.25) is 5.91 Å². The van der Waals surface area contributed by atoms with Gasteiger partial charge in [0.25, 0.3) is 0 Å². The number of amides is 1. The minimum Gasteiger partial charge on any atom is -0.394 e. The standard InChI is InChI=1S/C65H125NO8/c1-3-5-7-9-11-13-15-16-17-18-19-20-21-22-23-24-25-26-27-28-29-30-31-32-33-34-35-36-37-38-39-40-41-42-43-44-45-47-49-51-53-55-61(69)66-58(57-73-65-64(72)63(71)62(70)60(56-67)74-65)59(68)54-52-50-48-46-14-12-10-8-6-4-2/h18-19,52,54,58-60,62-65,67-68,70-72H,3-17,20-51,53,55-57H2,1-2H3,(H,66,69)/b19-18-,54-52+. The normalized spacial score (nSPS) is 19.0. The maximum atomic E-state index is 13.0. The van der Waals surface area contributed by atoms with E-state index >= 15 is 0 Å². The van der Waals surface area contributed by atoms with Crippen LogP contribution in [0.25, 0.3) is 0 Å². The number of allylic oxidation sites excluding steroid dienone is 3. The molecule has 74 heavy (non-hydrogen) atoms. The Hall–Kier alpha value is -1.33. The fourth-order valence-electron chi connectivity index (χ4n) is 10.6. The van der Waals surface area contributed by atoms with Crippen LogP contribution in [-0.2, 0) is 14.3 Å². The van der Waals surface area contributed by atoms with Crippen molar-refractivity contribution < 1.29 is 39.8 Å². The zero-order valence-electron chi connectivity index (χ0n) is 48.9. The Balaban J connectivity index is 1.96. The molecule has 1 aliphatic heterocycles. The minimum atomic E-state index is -1.56. The molecule has 1 amide bonds. The molecular formula is C65H125NO8. The van der Waals surface area contributed by atoms with Crippen molar-refractivity contribution in [3.8, 4) is 0 Å². The maximum Gasteiger partial charge on any atom is 0.220 e. The zero-order valence-corrected chi connectivity index (χ0v) is 48.9. The molecule has 0 aromatic rings. The predicted octanol–water partition coefficient (Wildman–Crippen LogP) is 16.9. The molecule has 0 spiro atoms. The lowest BCUT2D eigenvalue weighted by Gasteiger charge is -2.40. The molecule has 6 N–H and O–H groups in total. The lowest BCUT2D eigenvalue weighted by Crippen LogP contribution is -2.60. The molecule has 9 nitrogen and oxygen atoms in total. The van der Waals surface area contributed by atoms with Crippen molar-refractivity contribution >= 4 is 5.91 Å². The van der Waals surface area contributed by atoms with Gasteiger partial charge in [-0.05, 0) is 44.9 Å². The lowest BCUT2D eigenvalue weighted by molar-refractivity contribution is -0.302. The number of aliphatic hydroxyl groups excluding tert-OH is 5. The molecule has 1 fully saturated rings. The van der Waals surface area contributed by atoms with Crippen molar-refractivity contribution in [3.05, 3.63) is 24.3 Å². The molecule has 0 aliphatic carbocycles. The molecule has 438 valence electrons. The van der Waals surface area contributed by atoms with E-state index in [0.717, 1.165) is 38.5 Å². The number of nitrogens with one attached hydrogen (secondary N) is 1. The monoisotopic (exact) mass is 1050 g/mol. The summed E-state index contributed by atoms with van der Waals surface area (Å²) >= 11 is 0. The average molecular weight is 1050 g/mol. The Morgan fingerprint density at radius 3 is 1.09 bits per heavy atom. The second kappa shape index (κ2) is 55.0. The fourth-order valence-corrected chi connectivity index (χ4v) is 10.6. The topological polar surface area (TPSA) is 149 Å². The van der Waals surface area contributed by atoms with Gasteiger partial charge in [0.05, 0.1) is 25.4 Å². The largest absolute Gasteiger partial charge is 0.394 e. The number of hydrogen-bond acceptors (Lipinski definition) is 8. The van der Waals surface area contributed by atoms with Crippen LogP contribution in [0.5, 0.6) is 0 Å². The fraction of sp³-hybridized carbons (Fsp3) is 0.923. The van der Waals surface area contributed by atoms with Gasteiger partial charge in [-0.1, -0.05) is 301 Å². The van der Waals surface area contributed by atoms with E-state index in [1.165, 1.54) is 270 Å². The number of carbonyl (C=O) groups is 1. The molecule has 0 aromatic heterocycles.